The Balaban J connectivity index is 2.28. The van der Waals surface area contributed by atoms with Gasteiger partial charge in [0.05, 0.1) is 32.6 Å². The molecule has 0 unspecified atom stereocenters. The summed E-state index contributed by atoms with van der Waals surface area (Å²) in [5.41, 5.74) is 1.33. The van der Waals surface area contributed by atoms with Gasteiger partial charge in [-0.05, 0) is 11.6 Å². The number of hydrogen-bond donors (Lipinski definition) is 1. The molecule has 0 saturated heterocycles. The first kappa shape index (κ1) is 18.1. The van der Waals surface area contributed by atoms with Crippen LogP contribution >= 0.6 is 0 Å². The largest absolute Gasteiger partial charge is 0.493 e. The van der Waals surface area contributed by atoms with Crippen LogP contribution in [-0.4, -0.2) is 33.2 Å². The normalized spacial score (nSPS) is 10.4. The second kappa shape index (κ2) is 8.54. The van der Waals surface area contributed by atoms with Crippen LogP contribution in [-0.2, 0) is 9.53 Å². The van der Waals surface area contributed by atoms with Gasteiger partial charge in [0.15, 0.2) is 11.5 Å². The van der Waals surface area contributed by atoms with E-state index in [-0.39, 0.29) is 17.2 Å². The van der Waals surface area contributed by atoms with Crippen LogP contribution in [0.1, 0.15) is 15.9 Å². The first-order chi connectivity index (χ1) is 12.1. The van der Waals surface area contributed by atoms with Gasteiger partial charge in [0.1, 0.15) is 0 Å². The molecular formula is C19H19NO5. The van der Waals surface area contributed by atoms with Gasteiger partial charge in [-0.25, -0.2) is 4.79 Å². The number of methoxy groups -OCH3 is 3. The summed E-state index contributed by atoms with van der Waals surface area (Å²) in [5, 5.41) is 2.66. The molecule has 1 amide bonds. The zero-order chi connectivity index (χ0) is 18.2. The van der Waals surface area contributed by atoms with E-state index in [9.17, 15) is 9.59 Å². The van der Waals surface area contributed by atoms with Crippen molar-refractivity contribution in [2.75, 3.05) is 26.6 Å². The van der Waals surface area contributed by atoms with E-state index in [1.165, 1.54) is 39.5 Å². The highest BCUT2D eigenvalue weighted by molar-refractivity contribution is 6.06. The number of benzene rings is 2. The van der Waals surface area contributed by atoms with E-state index in [0.717, 1.165) is 5.56 Å². The molecule has 2 aromatic rings. The fraction of sp³-hybridized carbons (Fsp3) is 0.158. The van der Waals surface area contributed by atoms with Crippen molar-refractivity contribution in [1.29, 1.82) is 0 Å². The van der Waals surface area contributed by atoms with E-state index in [1.54, 1.807) is 6.08 Å². The van der Waals surface area contributed by atoms with Crippen LogP contribution in [0.3, 0.4) is 0 Å². The summed E-state index contributed by atoms with van der Waals surface area (Å²) in [6.45, 7) is 0. The summed E-state index contributed by atoms with van der Waals surface area (Å²) < 4.78 is 15.1. The SMILES string of the molecule is COC(=O)c1cc(OC)c(OC)cc1NC(=O)/C=C/c1ccccc1. The summed E-state index contributed by atoms with van der Waals surface area (Å²) in [5.74, 6) is -0.234. The summed E-state index contributed by atoms with van der Waals surface area (Å²) >= 11 is 0. The molecule has 0 aliphatic carbocycles. The van der Waals surface area contributed by atoms with Crippen molar-refractivity contribution in [2.45, 2.75) is 0 Å². The Morgan fingerprint density at radius 1 is 0.960 bits per heavy atom. The van der Waals surface area contributed by atoms with Crippen LogP contribution in [0.2, 0.25) is 0 Å². The molecule has 2 aromatic carbocycles. The molecule has 0 fully saturated rings. The van der Waals surface area contributed by atoms with Crippen molar-refractivity contribution < 1.29 is 23.8 Å². The number of hydrogen-bond acceptors (Lipinski definition) is 5. The predicted molar refractivity (Wildman–Crippen MR) is 95.0 cm³/mol. The predicted octanol–water partition coefficient (Wildman–Crippen LogP) is 3.14. The molecule has 0 radical (unpaired) electrons. The molecule has 0 aromatic heterocycles. The first-order valence-corrected chi connectivity index (χ1v) is 7.47. The maximum absolute atomic E-state index is 12.2. The van der Waals surface area contributed by atoms with E-state index in [4.69, 9.17) is 14.2 Å². The number of rotatable bonds is 6. The zero-order valence-corrected chi connectivity index (χ0v) is 14.2. The summed E-state index contributed by atoms with van der Waals surface area (Å²) in [4.78, 5) is 24.2. The van der Waals surface area contributed by atoms with E-state index in [2.05, 4.69) is 5.32 Å². The molecule has 130 valence electrons. The molecule has 0 aliphatic rings. The lowest BCUT2D eigenvalue weighted by atomic mass is 10.1. The van der Waals surface area contributed by atoms with Crippen LogP contribution in [0.15, 0.2) is 48.5 Å². The second-order valence-electron chi connectivity index (χ2n) is 4.98. The zero-order valence-electron chi connectivity index (χ0n) is 14.2. The van der Waals surface area contributed by atoms with Crippen LogP contribution < -0.4 is 14.8 Å². The molecule has 0 aliphatic heterocycles. The Hall–Kier alpha value is -3.28. The summed E-state index contributed by atoms with van der Waals surface area (Å²) in [6.07, 6.45) is 3.06. The summed E-state index contributed by atoms with van der Waals surface area (Å²) in [7, 11) is 4.19. The monoisotopic (exact) mass is 341 g/mol. The molecule has 0 heterocycles. The Bertz CT molecular complexity index is 784. The van der Waals surface area contributed by atoms with Crippen molar-refractivity contribution in [3.63, 3.8) is 0 Å². The molecule has 0 saturated carbocycles. The fourth-order valence-electron chi connectivity index (χ4n) is 2.17. The lowest BCUT2D eigenvalue weighted by Gasteiger charge is -2.14. The quantitative estimate of drug-likeness (QED) is 0.645. The fourth-order valence-corrected chi connectivity index (χ4v) is 2.17. The van der Waals surface area contributed by atoms with Crippen LogP contribution in [0, 0.1) is 0 Å². The van der Waals surface area contributed by atoms with Crippen molar-refractivity contribution in [3.8, 4) is 11.5 Å². The van der Waals surface area contributed by atoms with E-state index < -0.39 is 5.97 Å². The van der Waals surface area contributed by atoms with Crippen molar-refractivity contribution >= 4 is 23.6 Å². The third-order valence-corrected chi connectivity index (χ3v) is 3.41. The van der Waals surface area contributed by atoms with Crippen molar-refractivity contribution in [2.24, 2.45) is 0 Å². The minimum Gasteiger partial charge on any atom is -0.493 e. The third-order valence-electron chi connectivity index (χ3n) is 3.41. The summed E-state index contributed by atoms with van der Waals surface area (Å²) in [6, 6.07) is 12.4. The van der Waals surface area contributed by atoms with Gasteiger partial charge in [-0.2, -0.15) is 0 Å². The maximum atomic E-state index is 12.2. The maximum Gasteiger partial charge on any atom is 0.340 e. The van der Waals surface area contributed by atoms with Gasteiger partial charge >= 0.3 is 5.97 Å². The Morgan fingerprint density at radius 3 is 2.20 bits per heavy atom. The number of esters is 1. The average molecular weight is 341 g/mol. The smallest absolute Gasteiger partial charge is 0.340 e. The first-order valence-electron chi connectivity index (χ1n) is 7.47. The van der Waals surface area contributed by atoms with Gasteiger partial charge in [0, 0.05) is 18.2 Å². The Morgan fingerprint density at radius 2 is 1.60 bits per heavy atom. The van der Waals surface area contributed by atoms with Gasteiger partial charge in [-0.15, -0.1) is 0 Å². The van der Waals surface area contributed by atoms with E-state index in [1.807, 2.05) is 30.3 Å². The average Bonchev–Trinajstić information content (AvgIpc) is 2.66. The highest BCUT2D eigenvalue weighted by atomic mass is 16.5. The van der Waals surface area contributed by atoms with E-state index >= 15 is 0 Å². The van der Waals surface area contributed by atoms with Gasteiger partial charge < -0.3 is 19.5 Å². The topological polar surface area (TPSA) is 73.9 Å². The number of ether oxygens (including phenoxy) is 3. The van der Waals surface area contributed by atoms with Gasteiger partial charge in [0.2, 0.25) is 5.91 Å². The molecule has 0 spiro atoms. The van der Waals surface area contributed by atoms with Crippen LogP contribution in [0.25, 0.3) is 6.08 Å². The lowest BCUT2D eigenvalue weighted by molar-refractivity contribution is -0.111. The molecule has 6 nitrogen and oxygen atoms in total. The molecular weight excluding hydrogens is 322 g/mol. The van der Waals surface area contributed by atoms with Gasteiger partial charge in [-0.1, -0.05) is 30.3 Å². The highest BCUT2D eigenvalue weighted by Crippen LogP contribution is 2.33. The highest BCUT2D eigenvalue weighted by Gasteiger charge is 2.18. The molecule has 0 bridgehead atoms. The minimum atomic E-state index is -0.594. The van der Waals surface area contributed by atoms with Crippen molar-refractivity contribution in [3.05, 3.63) is 59.7 Å². The lowest BCUT2D eigenvalue weighted by Crippen LogP contribution is -2.13. The number of amides is 1. The molecule has 6 heteroatoms. The van der Waals surface area contributed by atoms with Gasteiger partial charge in [-0.3, -0.25) is 4.79 Å². The third kappa shape index (κ3) is 4.60. The number of carbonyl (C=O) groups is 2. The van der Waals surface area contributed by atoms with Crippen molar-refractivity contribution in [1.82, 2.24) is 0 Å². The molecule has 0 atom stereocenters. The molecule has 1 N–H and O–H groups in total. The number of anilines is 1. The Labute approximate surface area is 146 Å². The Kier molecular flexibility index (Phi) is 6.17. The number of carbonyl (C=O) groups excluding carboxylic acids is 2. The van der Waals surface area contributed by atoms with Gasteiger partial charge in [0.25, 0.3) is 0 Å². The molecule has 25 heavy (non-hydrogen) atoms. The van der Waals surface area contributed by atoms with E-state index in [0.29, 0.717) is 11.5 Å². The van der Waals surface area contributed by atoms with Crippen LogP contribution in [0.5, 0.6) is 11.5 Å². The standard InChI is InChI=1S/C19H19NO5/c1-23-16-11-14(19(22)25-3)15(12-17(16)24-2)20-18(21)10-9-13-7-5-4-6-8-13/h4-12H,1-3H3,(H,20,21)/b10-9+. The second-order valence-corrected chi connectivity index (χ2v) is 4.98. The number of nitrogens with one attached hydrogen (secondary N) is 1. The minimum absolute atomic E-state index is 0.168. The van der Waals surface area contributed by atoms with Crippen LogP contribution in [0.4, 0.5) is 5.69 Å². The molecule has 2 rings (SSSR count).